The van der Waals surface area contributed by atoms with Crippen LogP contribution in [0.25, 0.3) is 10.9 Å². The summed E-state index contributed by atoms with van der Waals surface area (Å²) in [6.45, 7) is 2.59. The van der Waals surface area contributed by atoms with E-state index in [2.05, 4.69) is 4.57 Å². The SMILES string of the molecule is COC(=O)c1ccc(Cn2c(C)c(C=O)c3ccccc32)cc1. The molecule has 1 aromatic heterocycles. The first kappa shape index (κ1) is 15.0. The lowest BCUT2D eigenvalue weighted by molar-refractivity contribution is 0.0600. The number of hydrogen-bond donors (Lipinski definition) is 0. The highest BCUT2D eigenvalue weighted by Crippen LogP contribution is 2.25. The van der Waals surface area contributed by atoms with Crippen LogP contribution in [-0.4, -0.2) is 23.9 Å². The van der Waals surface area contributed by atoms with Gasteiger partial charge in [0, 0.05) is 28.7 Å². The lowest BCUT2D eigenvalue weighted by Gasteiger charge is -2.09. The Morgan fingerprint density at radius 3 is 2.48 bits per heavy atom. The Morgan fingerprint density at radius 1 is 1.13 bits per heavy atom. The number of carbonyl (C=O) groups excluding carboxylic acids is 2. The van der Waals surface area contributed by atoms with Gasteiger partial charge in [-0.1, -0.05) is 30.3 Å². The molecule has 0 aliphatic carbocycles. The molecule has 116 valence electrons. The summed E-state index contributed by atoms with van der Waals surface area (Å²) in [5, 5.41) is 0.964. The molecule has 0 amide bonds. The van der Waals surface area contributed by atoms with Gasteiger partial charge in [-0.05, 0) is 30.7 Å². The fourth-order valence-corrected chi connectivity index (χ4v) is 2.86. The van der Waals surface area contributed by atoms with E-state index in [1.165, 1.54) is 7.11 Å². The van der Waals surface area contributed by atoms with Crippen LogP contribution in [-0.2, 0) is 11.3 Å². The molecule has 23 heavy (non-hydrogen) atoms. The van der Waals surface area contributed by atoms with Crippen LogP contribution >= 0.6 is 0 Å². The Kier molecular flexibility index (Phi) is 3.98. The quantitative estimate of drug-likeness (QED) is 0.546. The molecule has 0 saturated heterocycles. The average molecular weight is 307 g/mol. The summed E-state index contributed by atoms with van der Waals surface area (Å²) in [5.41, 5.74) is 4.28. The first-order valence-electron chi connectivity index (χ1n) is 7.36. The molecule has 4 nitrogen and oxygen atoms in total. The van der Waals surface area contributed by atoms with E-state index in [1.807, 2.05) is 43.3 Å². The summed E-state index contributed by atoms with van der Waals surface area (Å²) in [7, 11) is 1.37. The molecule has 0 bridgehead atoms. The minimum atomic E-state index is -0.345. The molecule has 0 saturated carbocycles. The second-order valence-electron chi connectivity index (χ2n) is 5.41. The fourth-order valence-electron chi connectivity index (χ4n) is 2.86. The Morgan fingerprint density at radius 2 is 1.83 bits per heavy atom. The lowest BCUT2D eigenvalue weighted by Crippen LogP contribution is -2.04. The zero-order valence-corrected chi connectivity index (χ0v) is 13.1. The Hall–Kier alpha value is -2.88. The van der Waals surface area contributed by atoms with Crippen LogP contribution in [0.3, 0.4) is 0 Å². The van der Waals surface area contributed by atoms with Gasteiger partial charge >= 0.3 is 5.97 Å². The van der Waals surface area contributed by atoms with E-state index in [9.17, 15) is 9.59 Å². The monoisotopic (exact) mass is 307 g/mol. The molecule has 3 rings (SSSR count). The highest BCUT2D eigenvalue weighted by atomic mass is 16.5. The smallest absolute Gasteiger partial charge is 0.337 e. The molecule has 3 aromatic rings. The number of fused-ring (bicyclic) bond motifs is 1. The maximum atomic E-state index is 11.5. The van der Waals surface area contributed by atoms with Crippen molar-refractivity contribution in [3.63, 3.8) is 0 Å². The molecule has 4 heteroatoms. The van der Waals surface area contributed by atoms with E-state index in [1.54, 1.807) is 12.1 Å². The molecule has 0 unspecified atom stereocenters. The molecule has 0 N–H and O–H groups in total. The maximum Gasteiger partial charge on any atom is 0.337 e. The zero-order chi connectivity index (χ0) is 16.4. The highest BCUT2D eigenvalue weighted by molar-refractivity contribution is 5.99. The third kappa shape index (κ3) is 2.63. The third-order valence-corrected chi connectivity index (χ3v) is 4.11. The molecule has 0 spiro atoms. The van der Waals surface area contributed by atoms with Crippen LogP contribution in [0.1, 0.15) is 32.0 Å². The number of hydrogen-bond acceptors (Lipinski definition) is 3. The molecule has 1 heterocycles. The topological polar surface area (TPSA) is 48.3 Å². The Bertz CT molecular complexity index is 876. The van der Waals surface area contributed by atoms with E-state index < -0.39 is 0 Å². The molecular formula is C19H17NO3. The number of esters is 1. The summed E-state index contributed by atoms with van der Waals surface area (Å²) in [5.74, 6) is -0.345. The van der Waals surface area contributed by atoms with Gasteiger partial charge in [-0.15, -0.1) is 0 Å². The van der Waals surface area contributed by atoms with Crippen molar-refractivity contribution >= 4 is 23.2 Å². The number of rotatable bonds is 4. The predicted molar refractivity (Wildman–Crippen MR) is 88.9 cm³/mol. The molecule has 0 radical (unpaired) electrons. The van der Waals surface area contributed by atoms with Gasteiger partial charge in [-0.25, -0.2) is 4.79 Å². The number of nitrogens with zero attached hydrogens (tertiary/aromatic N) is 1. The van der Waals surface area contributed by atoms with Crippen LogP contribution in [0.4, 0.5) is 0 Å². The zero-order valence-electron chi connectivity index (χ0n) is 13.1. The molecule has 0 aliphatic heterocycles. The van der Waals surface area contributed by atoms with Crippen molar-refractivity contribution in [2.24, 2.45) is 0 Å². The molecular weight excluding hydrogens is 290 g/mol. The number of para-hydroxylation sites is 1. The van der Waals surface area contributed by atoms with Crippen molar-refractivity contribution in [3.05, 3.63) is 70.9 Å². The van der Waals surface area contributed by atoms with Gasteiger partial charge in [-0.3, -0.25) is 4.79 Å². The second-order valence-corrected chi connectivity index (χ2v) is 5.41. The lowest BCUT2D eigenvalue weighted by atomic mass is 10.1. The van der Waals surface area contributed by atoms with Crippen molar-refractivity contribution in [1.82, 2.24) is 4.57 Å². The normalized spacial score (nSPS) is 10.7. The van der Waals surface area contributed by atoms with E-state index in [0.717, 1.165) is 34.0 Å². The third-order valence-electron chi connectivity index (χ3n) is 4.11. The fraction of sp³-hybridized carbons (Fsp3) is 0.158. The van der Waals surface area contributed by atoms with Crippen molar-refractivity contribution in [2.75, 3.05) is 7.11 Å². The van der Waals surface area contributed by atoms with Gasteiger partial charge in [0.15, 0.2) is 6.29 Å². The average Bonchev–Trinajstić information content (AvgIpc) is 2.86. The van der Waals surface area contributed by atoms with Gasteiger partial charge in [0.2, 0.25) is 0 Å². The highest BCUT2D eigenvalue weighted by Gasteiger charge is 2.13. The Labute approximate surface area is 134 Å². The standard InChI is InChI=1S/C19H17NO3/c1-13-17(12-21)16-5-3-4-6-18(16)20(13)11-14-7-9-15(10-8-14)19(22)23-2/h3-10,12H,11H2,1-2H3. The second kappa shape index (κ2) is 6.08. The van der Waals surface area contributed by atoms with E-state index in [-0.39, 0.29) is 5.97 Å². The van der Waals surface area contributed by atoms with Crippen LogP contribution in [0, 0.1) is 6.92 Å². The van der Waals surface area contributed by atoms with Crippen molar-refractivity contribution in [1.29, 1.82) is 0 Å². The number of ether oxygens (including phenoxy) is 1. The number of benzene rings is 2. The summed E-state index contributed by atoms with van der Waals surface area (Å²) >= 11 is 0. The predicted octanol–water partition coefficient (Wildman–Crippen LogP) is 3.60. The van der Waals surface area contributed by atoms with Crippen molar-refractivity contribution in [3.8, 4) is 0 Å². The first-order valence-corrected chi connectivity index (χ1v) is 7.36. The van der Waals surface area contributed by atoms with Gasteiger partial charge < -0.3 is 9.30 Å². The van der Waals surface area contributed by atoms with E-state index in [4.69, 9.17) is 4.74 Å². The van der Waals surface area contributed by atoms with E-state index >= 15 is 0 Å². The van der Waals surface area contributed by atoms with Gasteiger partial charge in [-0.2, -0.15) is 0 Å². The van der Waals surface area contributed by atoms with Crippen LogP contribution < -0.4 is 0 Å². The van der Waals surface area contributed by atoms with E-state index in [0.29, 0.717) is 12.1 Å². The molecule has 2 aromatic carbocycles. The molecule has 0 fully saturated rings. The van der Waals surface area contributed by atoms with Crippen LogP contribution in [0.15, 0.2) is 48.5 Å². The summed E-state index contributed by atoms with van der Waals surface area (Å²) in [6, 6.07) is 15.2. The number of aldehydes is 1. The van der Waals surface area contributed by atoms with Crippen molar-refractivity contribution < 1.29 is 14.3 Å². The summed E-state index contributed by atoms with van der Waals surface area (Å²) < 4.78 is 6.82. The first-order chi connectivity index (χ1) is 11.2. The molecule has 0 aliphatic rings. The maximum absolute atomic E-state index is 11.5. The minimum absolute atomic E-state index is 0.345. The van der Waals surface area contributed by atoms with Crippen molar-refractivity contribution in [2.45, 2.75) is 13.5 Å². The number of methoxy groups -OCH3 is 1. The van der Waals surface area contributed by atoms with Crippen LogP contribution in [0.2, 0.25) is 0 Å². The van der Waals surface area contributed by atoms with Gasteiger partial charge in [0.1, 0.15) is 0 Å². The minimum Gasteiger partial charge on any atom is -0.465 e. The Balaban J connectivity index is 2.00. The van der Waals surface area contributed by atoms with Gasteiger partial charge in [0.05, 0.1) is 12.7 Å². The summed E-state index contributed by atoms with van der Waals surface area (Å²) in [6.07, 6.45) is 0.911. The summed E-state index contributed by atoms with van der Waals surface area (Å²) in [4.78, 5) is 22.9. The number of carbonyl (C=O) groups is 2. The van der Waals surface area contributed by atoms with Gasteiger partial charge in [0.25, 0.3) is 0 Å². The van der Waals surface area contributed by atoms with Crippen LogP contribution in [0.5, 0.6) is 0 Å². The number of aromatic nitrogens is 1. The largest absolute Gasteiger partial charge is 0.465 e. The molecule has 0 atom stereocenters.